The summed E-state index contributed by atoms with van der Waals surface area (Å²) in [6.45, 7) is 0. The van der Waals surface area contributed by atoms with Gasteiger partial charge in [0, 0.05) is 0 Å². The van der Waals surface area contributed by atoms with E-state index in [1.54, 1.807) is 0 Å². The van der Waals surface area contributed by atoms with E-state index in [4.69, 9.17) is 10.2 Å². The zero-order valence-corrected chi connectivity index (χ0v) is 12.2. The molecule has 1 rings (SSSR count). The molecule has 0 saturated heterocycles. The second-order valence-electron chi connectivity index (χ2n) is 4.85. The van der Waals surface area contributed by atoms with Crippen LogP contribution in [0.2, 0.25) is 0 Å². The molecule has 0 fully saturated rings. The SMILES string of the molecule is O=C(O)c1c(C(F)(F)F)c(C(F)(F)F)c(C(=O)O)c(C(F)(F)F)c1C(F)(F)F. The molecule has 2 N–H and O–H groups in total. The molecule has 0 aliphatic carbocycles. The third-order valence-corrected chi connectivity index (χ3v) is 3.06. The normalized spacial score (nSPS) is 13.6. The van der Waals surface area contributed by atoms with Gasteiger partial charge in [-0.05, 0) is 0 Å². The summed E-state index contributed by atoms with van der Waals surface area (Å²) in [6.07, 6.45) is -26.5. The number of hydrogen-bond acceptors (Lipinski definition) is 2. The molecule has 1 aromatic carbocycles. The number of carboxylic acids is 2. The summed E-state index contributed by atoms with van der Waals surface area (Å²) in [5.41, 5.74) is -21.7. The van der Waals surface area contributed by atoms with Gasteiger partial charge in [-0.25, -0.2) is 9.59 Å². The lowest BCUT2D eigenvalue weighted by Crippen LogP contribution is -2.33. The Labute approximate surface area is 144 Å². The Bertz CT molecular complexity index is 703. The minimum absolute atomic E-state index is 3.43. The molecule has 0 bridgehead atoms. The molecule has 0 saturated carbocycles. The van der Waals surface area contributed by atoms with E-state index in [2.05, 4.69) is 0 Å². The van der Waals surface area contributed by atoms with Crippen molar-refractivity contribution in [3.05, 3.63) is 33.4 Å². The van der Waals surface area contributed by atoms with E-state index in [9.17, 15) is 62.3 Å². The first-order valence-corrected chi connectivity index (χ1v) is 6.12. The predicted octanol–water partition coefficient (Wildman–Crippen LogP) is 5.16. The van der Waals surface area contributed by atoms with Gasteiger partial charge in [0.25, 0.3) is 0 Å². The highest BCUT2D eigenvalue weighted by Gasteiger charge is 2.58. The first-order valence-electron chi connectivity index (χ1n) is 6.12. The van der Waals surface area contributed by atoms with Crippen LogP contribution in [0.5, 0.6) is 0 Å². The number of aromatic carboxylic acids is 2. The van der Waals surface area contributed by atoms with Crippen molar-refractivity contribution >= 4 is 11.9 Å². The Morgan fingerprint density at radius 1 is 0.464 bits per heavy atom. The topological polar surface area (TPSA) is 74.6 Å². The van der Waals surface area contributed by atoms with Crippen molar-refractivity contribution in [2.75, 3.05) is 0 Å². The van der Waals surface area contributed by atoms with E-state index in [1.165, 1.54) is 0 Å². The van der Waals surface area contributed by atoms with Gasteiger partial charge in [0.15, 0.2) is 0 Å². The lowest BCUT2D eigenvalue weighted by atomic mass is 9.84. The van der Waals surface area contributed by atoms with Crippen LogP contribution in [0.15, 0.2) is 0 Å². The van der Waals surface area contributed by atoms with Crippen LogP contribution in [-0.4, -0.2) is 22.2 Å². The van der Waals surface area contributed by atoms with Crippen LogP contribution in [0.25, 0.3) is 0 Å². The van der Waals surface area contributed by atoms with E-state index in [1.807, 2.05) is 0 Å². The quantitative estimate of drug-likeness (QED) is 0.626. The standard InChI is InChI=1S/C12H2F12O4/c13-9(14,15)3-1(7(25)26)4(10(16,17)18)6(12(22,23)24)2(8(27)28)5(3)11(19,20)21/h(H,25,26)(H,27,28). The van der Waals surface area contributed by atoms with Crippen molar-refractivity contribution in [3.63, 3.8) is 0 Å². The van der Waals surface area contributed by atoms with Crippen molar-refractivity contribution in [1.29, 1.82) is 0 Å². The summed E-state index contributed by atoms with van der Waals surface area (Å²) >= 11 is 0. The molecule has 158 valence electrons. The largest absolute Gasteiger partial charge is 0.478 e. The second kappa shape index (κ2) is 6.44. The Balaban J connectivity index is 4.73. The maximum absolute atomic E-state index is 13.0. The van der Waals surface area contributed by atoms with Gasteiger partial charge in [-0.3, -0.25) is 0 Å². The first-order chi connectivity index (χ1) is 12.1. The van der Waals surface area contributed by atoms with Gasteiger partial charge in [0.1, 0.15) is 0 Å². The summed E-state index contributed by atoms with van der Waals surface area (Å²) in [6, 6.07) is 0. The molecule has 1 aromatic rings. The third-order valence-electron chi connectivity index (χ3n) is 3.06. The van der Waals surface area contributed by atoms with Crippen molar-refractivity contribution in [1.82, 2.24) is 0 Å². The Hall–Kier alpha value is -2.68. The number of alkyl halides is 12. The van der Waals surface area contributed by atoms with Gasteiger partial charge in [-0.15, -0.1) is 0 Å². The Kier molecular flexibility index (Phi) is 5.37. The summed E-state index contributed by atoms with van der Waals surface area (Å²) in [5, 5.41) is 17.2. The minimum atomic E-state index is -6.62. The highest BCUT2D eigenvalue weighted by atomic mass is 19.4. The van der Waals surface area contributed by atoms with Gasteiger partial charge in [-0.1, -0.05) is 0 Å². The molecule has 0 spiro atoms. The molecule has 4 nitrogen and oxygen atoms in total. The predicted molar refractivity (Wildman–Crippen MR) is 60.4 cm³/mol. The molecule has 0 atom stereocenters. The van der Waals surface area contributed by atoms with Crippen molar-refractivity contribution in [2.45, 2.75) is 24.7 Å². The fraction of sp³-hybridized carbons (Fsp3) is 0.333. The number of carboxylic acid groups (broad SMARTS) is 2. The van der Waals surface area contributed by atoms with Crippen LogP contribution in [0, 0.1) is 0 Å². The molecule has 0 aliphatic rings. The van der Waals surface area contributed by atoms with E-state index in [0.717, 1.165) is 0 Å². The molecule has 0 unspecified atom stereocenters. The van der Waals surface area contributed by atoms with Gasteiger partial charge in [-0.2, -0.15) is 52.7 Å². The second-order valence-corrected chi connectivity index (χ2v) is 4.85. The number of halogens is 12. The molecule has 0 aromatic heterocycles. The third kappa shape index (κ3) is 4.09. The van der Waals surface area contributed by atoms with Crippen LogP contribution in [0.4, 0.5) is 52.7 Å². The van der Waals surface area contributed by atoms with Crippen molar-refractivity contribution in [2.24, 2.45) is 0 Å². The van der Waals surface area contributed by atoms with E-state index in [-0.39, 0.29) is 0 Å². The van der Waals surface area contributed by atoms with E-state index >= 15 is 0 Å². The molecule has 0 heterocycles. The molecule has 0 radical (unpaired) electrons. The van der Waals surface area contributed by atoms with Crippen LogP contribution < -0.4 is 0 Å². The molecule has 28 heavy (non-hydrogen) atoms. The molecular formula is C12H2F12O4. The lowest BCUT2D eigenvalue weighted by molar-refractivity contribution is -0.172. The van der Waals surface area contributed by atoms with Gasteiger partial charge in [0.2, 0.25) is 0 Å². The van der Waals surface area contributed by atoms with Gasteiger partial charge < -0.3 is 10.2 Å². The highest BCUT2D eigenvalue weighted by molar-refractivity contribution is 5.99. The zero-order chi connectivity index (χ0) is 22.6. The lowest BCUT2D eigenvalue weighted by Gasteiger charge is -2.27. The zero-order valence-electron chi connectivity index (χ0n) is 12.2. The van der Waals surface area contributed by atoms with Gasteiger partial charge >= 0.3 is 36.6 Å². The first kappa shape index (κ1) is 23.4. The van der Waals surface area contributed by atoms with Crippen LogP contribution in [-0.2, 0) is 24.7 Å². The average Bonchev–Trinajstić information content (AvgIpc) is 2.39. The van der Waals surface area contributed by atoms with Crippen LogP contribution in [0.1, 0.15) is 43.0 Å². The summed E-state index contributed by atoms with van der Waals surface area (Å²) in [7, 11) is 0. The smallest absolute Gasteiger partial charge is 0.417 e. The van der Waals surface area contributed by atoms with Crippen LogP contribution >= 0.6 is 0 Å². The van der Waals surface area contributed by atoms with Crippen LogP contribution in [0.3, 0.4) is 0 Å². The van der Waals surface area contributed by atoms with Gasteiger partial charge in [0.05, 0.1) is 33.4 Å². The fourth-order valence-electron chi connectivity index (χ4n) is 2.31. The molecule has 0 aliphatic heterocycles. The molecule has 16 heteroatoms. The molecule has 0 amide bonds. The van der Waals surface area contributed by atoms with Crippen molar-refractivity contribution in [3.8, 4) is 0 Å². The minimum Gasteiger partial charge on any atom is -0.478 e. The maximum atomic E-state index is 13.0. The number of rotatable bonds is 2. The highest BCUT2D eigenvalue weighted by Crippen LogP contribution is 2.52. The maximum Gasteiger partial charge on any atom is 0.417 e. The summed E-state index contributed by atoms with van der Waals surface area (Å²) < 4.78 is 156. The fourth-order valence-corrected chi connectivity index (χ4v) is 2.31. The number of carbonyl (C=O) groups is 2. The van der Waals surface area contributed by atoms with E-state index < -0.39 is 70.0 Å². The van der Waals surface area contributed by atoms with E-state index in [0.29, 0.717) is 0 Å². The number of benzene rings is 1. The number of hydrogen-bond donors (Lipinski definition) is 2. The van der Waals surface area contributed by atoms with Crippen molar-refractivity contribution < 1.29 is 72.5 Å². The summed E-state index contributed by atoms with van der Waals surface area (Å²) in [5.74, 6) is -6.87. The monoisotopic (exact) mass is 438 g/mol. The summed E-state index contributed by atoms with van der Waals surface area (Å²) in [4.78, 5) is 21.8. The average molecular weight is 438 g/mol. The Morgan fingerprint density at radius 3 is 0.679 bits per heavy atom. The molecular weight excluding hydrogens is 436 g/mol. The Morgan fingerprint density at radius 2 is 0.607 bits per heavy atom.